The largest absolute Gasteiger partial charge is 0.476 e. The molecule has 0 unspecified atom stereocenters. The number of nitrogens with zero attached hydrogens (tertiary/aromatic N) is 3. The van der Waals surface area contributed by atoms with Crippen LogP contribution in [-0.2, 0) is 0 Å². The molecule has 92 valence electrons. The zero-order valence-corrected chi connectivity index (χ0v) is 10.7. The predicted molar refractivity (Wildman–Crippen MR) is 67.7 cm³/mol. The fourth-order valence-corrected chi connectivity index (χ4v) is 2.93. The van der Waals surface area contributed by atoms with Gasteiger partial charge in [-0.05, 0) is 26.0 Å². The lowest BCUT2D eigenvalue weighted by atomic mass is 10.2. The molecule has 6 heteroatoms. The summed E-state index contributed by atoms with van der Waals surface area (Å²) in [5.41, 5.74) is -0.0144. The zero-order valence-electron chi connectivity index (χ0n) is 9.88. The summed E-state index contributed by atoms with van der Waals surface area (Å²) in [5, 5.41) is 16.4. The van der Waals surface area contributed by atoms with E-state index in [1.807, 2.05) is 11.8 Å². The summed E-state index contributed by atoms with van der Waals surface area (Å²) in [6, 6.07) is 3.22. The Morgan fingerprint density at radius 2 is 2.24 bits per heavy atom. The third-order valence-corrected chi connectivity index (χ3v) is 3.92. The van der Waals surface area contributed by atoms with Gasteiger partial charge in [-0.2, -0.15) is 11.8 Å². The third kappa shape index (κ3) is 2.88. The summed E-state index contributed by atoms with van der Waals surface area (Å²) in [4.78, 5) is 12.8. The number of carbonyl (C=O) groups is 1. The second kappa shape index (κ2) is 4.52. The van der Waals surface area contributed by atoms with Crippen molar-refractivity contribution in [2.24, 2.45) is 0 Å². The summed E-state index contributed by atoms with van der Waals surface area (Å²) in [6.07, 6.45) is 0. The van der Waals surface area contributed by atoms with Crippen LogP contribution in [0.4, 0.5) is 5.82 Å². The minimum atomic E-state index is -1.04. The Labute approximate surface area is 104 Å². The Morgan fingerprint density at radius 1 is 1.47 bits per heavy atom. The van der Waals surface area contributed by atoms with E-state index in [-0.39, 0.29) is 10.4 Å². The van der Waals surface area contributed by atoms with Gasteiger partial charge in [0.15, 0.2) is 11.5 Å². The lowest BCUT2D eigenvalue weighted by Gasteiger charge is -2.37. The average molecular weight is 253 g/mol. The molecule has 2 rings (SSSR count). The maximum atomic E-state index is 10.7. The van der Waals surface area contributed by atoms with Crippen LogP contribution in [0.25, 0.3) is 0 Å². The van der Waals surface area contributed by atoms with E-state index < -0.39 is 5.97 Å². The SMILES string of the molecule is CC1(C)CN(c2ccc(C(=O)O)nn2)CCS1. The molecule has 0 aromatic carbocycles. The van der Waals surface area contributed by atoms with Gasteiger partial charge in [0.05, 0.1) is 0 Å². The number of carboxylic acids is 1. The van der Waals surface area contributed by atoms with E-state index in [1.165, 1.54) is 6.07 Å². The molecule has 1 aliphatic rings. The van der Waals surface area contributed by atoms with Crippen LogP contribution < -0.4 is 4.90 Å². The Kier molecular flexibility index (Phi) is 3.24. The number of hydrogen-bond donors (Lipinski definition) is 1. The Hall–Kier alpha value is -1.30. The second-order valence-electron chi connectivity index (χ2n) is 4.61. The van der Waals surface area contributed by atoms with Crippen molar-refractivity contribution in [1.29, 1.82) is 0 Å². The summed E-state index contributed by atoms with van der Waals surface area (Å²) >= 11 is 1.94. The molecule has 1 saturated heterocycles. The van der Waals surface area contributed by atoms with E-state index in [4.69, 9.17) is 5.11 Å². The van der Waals surface area contributed by atoms with E-state index in [1.54, 1.807) is 6.07 Å². The molecule has 0 saturated carbocycles. The minimum Gasteiger partial charge on any atom is -0.476 e. The van der Waals surface area contributed by atoms with Gasteiger partial charge < -0.3 is 10.0 Å². The fraction of sp³-hybridized carbons (Fsp3) is 0.545. The molecule has 5 nitrogen and oxygen atoms in total. The maximum Gasteiger partial charge on any atom is 0.356 e. The van der Waals surface area contributed by atoms with Crippen LogP contribution in [0.2, 0.25) is 0 Å². The molecular weight excluding hydrogens is 238 g/mol. The smallest absolute Gasteiger partial charge is 0.356 e. The number of anilines is 1. The molecule has 1 aromatic rings. The highest BCUT2D eigenvalue weighted by molar-refractivity contribution is 8.00. The number of thioether (sulfide) groups is 1. The Balaban J connectivity index is 2.14. The molecule has 1 aliphatic heterocycles. The topological polar surface area (TPSA) is 66.3 Å². The fourth-order valence-electron chi connectivity index (χ4n) is 1.82. The lowest BCUT2D eigenvalue weighted by Crippen LogP contribution is -2.43. The molecule has 0 spiro atoms. The van der Waals surface area contributed by atoms with E-state index in [9.17, 15) is 4.79 Å². The summed E-state index contributed by atoms with van der Waals surface area (Å²) in [7, 11) is 0. The van der Waals surface area contributed by atoms with Gasteiger partial charge in [0.25, 0.3) is 0 Å². The summed E-state index contributed by atoms with van der Waals surface area (Å²) < 4.78 is 0.200. The van der Waals surface area contributed by atoms with E-state index in [0.717, 1.165) is 24.7 Å². The van der Waals surface area contributed by atoms with E-state index >= 15 is 0 Å². The molecule has 2 heterocycles. The number of aromatic carboxylic acids is 1. The Morgan fingerprint density at radius 3 is 2.76 bits per heavy atom. The van der Waals surface area contributed by atoms with Crippen LogP contribution in [0.3, 0.4) is 0 Å². The first kappa shape index (κ1) is 12.2. The molecule has 0 radical (unpaired) electrons. The molecule has 1 N–H and O–H groups in total. The van der Waals surface area contributed by atoms with Gasteiger partial charge in [0, 0.05) is 23.6 Å². The van der Waals surface area contributed by atoms with Crippen LogP contribution in [0.5, 0.6) is 0 Å². The summed E-state index contributed by atoms with van der Waals surface area (Å²) in [5.74, 6) is 0.761. The monoisotopic (exact) mass is 253 g/mol. The Bertz CT molecular complexity index is 419. The van der Waals surface area contributed by atoms with Gasteiger partial charge >= 0.3 is 5.97 Å². The molecule has 17 heavy (non-hydrogen) atoms. The van der Waals surface area contributed by atoms with Gasteiger partial charge in [-0.1, -0.05) is 0 Å². The second-order valence-corrected chi connectivity index (χ2v) is 6.41. The zero-order chi connectivity index (χ0) is 12.5. The normalized spacial score (nSPS) is 19.1. The average Bonchev–Trinajstić information content (AvgIpc) is 2.28. The predicted octanol–water partition coefficient (Wildman–Crippen LogP) is 1.51. The minimum absolute atomic E-state index is 0.0144. The van der Waals surface area contributed by atoms with Crippen molar-refractivity contribution in [1.82, 2.24) is 10.2 Å². The van der Waals surface area contributed by atoms with Crippen LogP contribution in [0.15, 0.2) is 12.1 Å². The van der Waals surface area contributed by atoms with Gasteiger partial charge in [-0.3, -0.25) is 0 Å². The van der Waals surface area contributed by atoms with Crippen molar-refractivity contribution in [2.45, 2.75) is 18.6 Å². The third-order valence-electron chi connectivity index (χ3n) is 2.62. The van der Waals surface area contributed by atoms with E-state index in [0.29, 0.717) is 0 Å². The number of hydrogen-bond acceptors (Lipinski definition) is 5. The van der Waals surface area contributed by atoms with Gasteiger partial charge in [-0.25, -0.2) is 4.79 Å². The van der Waals surface area contributed by atoms with Crippen molar-refractivity contribution < 1.29 is 9.90 Å². The number of rotatable bonds is 2. The standard InChI is InChI=1S/C11H15N3O2S/c1-11(2)7-14(5-6-17-11)9-4-3-8(10(15)16)12-13-9/h3-4H,5-7H2,1-2H3,(H,15,16). The summed E-state index contributed by atoms with van der Waals surface area (Å²) in [6.45, 7) is 6.22. The molecule has 0 amide bonds. The molecule has 0 bridgehead atoms. The highest BCUT2D eigenvalue weighted by Gasteiger charge is 2.27. The number of aromatic nitrogens is 2. The van der Waals surface area contributed by atoms with Crippen LogP contribution in [0, 0.1) is 0 Å². The van der Waals surface area contributed by atoms with Crippen molar-refractivity contribution >= 4 is 23.5 Å². The first-order valence-electron chi connectivity index (χ1n) is 5.44. The maximum absolute atomic E-state index is 10.7. The molecular formula is C11H15N3O2S. The first-order valence-corrected chi connectivity index (χ1v) is 6.42. The molecule has 1 aromatic heterocycles. The first-order chi connectivity index (χ1) is 7.98. The van der Waals surface area contributed by atoms with Crippen molar-refractivity contribution in [3.8, 4) is 0 Å². The van der Waals surface area contributed by atoms with Crippen LogP contribution in [0.1, 0.15) is 24.3 Å². The highest BCUT2D eigenvalue weighted by Crippen LogP contribution is 2.31. The van der Waals surface area contributed by atoms with Crippen molar-refractivity contribution in [3.05, 3.63) is 17.8 Å². The quantitative estimate of drug-likeness (QED) is 0.861. The molecule has 0 aliphatic carbocycles. The lowest BCUT2D eigenvalue weighted by molar-refractivity contribution is 0.0689. The number of carboxylic acid groups (broad SMARTS) is 1. The van der Waals surface area contributed by atoms with Gasteiger partial charge in [0.2, 0.25) is 0 Å². The van der Waals surface area contributed by atoms with Gasteiger partial charge in [-0.15, -0.1) is 10.2 Å². The van der Waals surface area contributed by atoms with Crippen molar-refractivity contribution in [2.75, 3.05) is 23.7 Å². The van der Waals surface area contributed by atoms with Crippen molar-refractivity contribution in [3.63, 3.8) is 0 Å². The molecule has 1 fully saturated rings. The van der Waals surface area contributed by atoms with E-state index in [2.05, 4.69) is 28.9 Å². The van der Waals surface area contributed by atoms with Crippen LogP contribution in [-0.4, -0.2) is 44.9 Å². The van der Waals surface area contributed by atoms with Gasteiger partial charge in [0.1, 0.15) is 0 Å². The van der Waals surface area contributed by atoms with Crippen LogP contribution >= 0.6 is 11.8 Å². The highest BCUT2D eigenvalue weighted by atomic mass is 32.2. The molecule has 0 atom stereocenters.